The summed E-state index contributed by atoms with van der Waals surface area (Å²) in [6, 6.07) is 7.48. The Hall–Kier alpha value is -1.39. The highest BCUT2D eigenvalue weighted by Crippen LogP contribution is 2.25. The minimum absolute atomic E-state index is 0.0296. The number of hydrogen-bond acceptors (Lipinski definition) is 3. The van der Waals surface area contributed by atoms with Gasteiger partial charge in [-0.15, -0.1) is 0 Å². The molecule has 0 bridgehead atoms. The second-order valence-electron chi connectivity index (χ2n) is 3.95. The minimum atomic E-state index is -0.432. The maximum absolute atomic E-state index is 11.6. The van der Waals surface area contributed by atoms with Crippen molar-refractivity contribution in [1.82, 2.24) is 0 Å². The first-order valence-corrected chi connectivity index (χ1v) is 5.40. The molecular formula is C12H15NO3. The highest BCUT2D eigenvalue weighted by Gasteiger charge is 2.25. The molecule has 1 aromatic rings. The molecule has 2 rings (SSSR count). The lowest BCUT2D eigenvalue weighted by atomic mass is 10.1. The van der Waals surface area contributed by atoms with Crippen LogP contribution in [-0.4, -0.2) is 23.7 Å². The summed E-state index contributed by atoms with van der Waals surface area (Å²) in [6.07, 6.45) is 0.505. The number of aliphatic hydroxyl groups is 1. The Kier molecular flexibility index (Phi) is 3.22. The predicted octanol–water partition coefficient (Wildman–Crippen LogP) is 1.28. The number of amides is 1. The summed E-state index contributed by atoms with van der Waals surface area (Å²) in [4.78, 5) is 16.8. The van der Waals surface area contributed by atoms with Gasteiger partial charge in [-0.3, -0.25) is 9.63 Å². The van der Waals surface area contributed by atoms with Gasteiger partial charge in [0.25, 0.3) is 5.91 Å². The van der Waals surface area contributed by atoms with E-state index in [0.29, 0.717) is 19.4 Å². The van der Waals surface area contributed by atoms with E-state index in [9.17, 15) is 9.90 Å². The molecule has 1 aliphatic rings. The highest BCUT2D eigenvalue weighted by molar-refractivity contribution is 5.93. The molecule has 4 nitrogen and oxygen atoms in total. The van der Waals surface area contributed by atoms with Crippen molar-refractivity contribution in [3.63, 3.8) is 0 Å². The molecule has 86 valence electrons. The quantitative estimate of drug-likeness (QED) is 0.836. The van der Waals surface area contributed by atoms with Gasteiger partial charge < -0.3 is 5.11 Å². The molecule has 1 amide bonds. The zero-order valence-corrected chi connectivity index (χ0v) is 9.22. The standard InChI is InChI=1S/C12H15NO3/c1-9(14)8-10-4-2-3-5-11(10)13-12(15)6-7-16-13/h2-5,9,14H,6-8H2,1H3. The number of benzene rings is 1. The maximum atomic E-state index is 11.6. The summed E-state index contributed by atoms with van der Waals surface area (Å²) in [5.74, 6) is -0.0296. The number of aliphatic hydroxyl groups excluding tert-OH is 1. The normalized spacial score (nSPS) is 17.9. The molecule has 1 unspecified atom stereocenters. The summed E-state index contributed by atoms with van der Waals surface area (Å²) in [5, 5.41) is 10.7. The Balaban J connectivity index is 2.28. The van der Waals surface area contributed by atoms with Crippen molar-refractivity contribution in [2.24, 2.45) is 0 Å². The molecular weight excluding hydrogens is 206 g/mol. The second kappa shape index (κ2) is 4.63. The lowest BCUT2D eigenvalue weighted by Gasteiger charge is -2.18. The van der Waals surface area contributed by atoms with Gasteiger partial charge in [0.05, 0.1) is 24.8 Å². The van der Waals surface area contributed by atoms with Gasteiger partial charge in [0, 0.05) is 6.42 Å². The Morgan fingerprint density at radius 3 is 2.88 bits per heavy atom. The second-order valence-corrected chi connectivity index (χ2v) is 3.95. The number of para-hydroxylation sites is 1. The zero-order chi connectivity index (χ0) is 11.5. The van der Waals surface area contributed by atoms with Crippen LogP contribution in [0.4, 0.5) is 5.69 Å². The molecule has 16 heavy (non-hydrogen) atoms. The van der Waals surface area contributed by atoms with Crippen molar-refractivity contribution in [1.29, 1.82) is 0 Å². The van der Waals surface area contributed by atoms with Crippen LogP contribution in [0.15, 0.2) is 24.3 Å². The molecule has 1 heterocycles. The average Bonchev–Trinajstić information content (AvgIpc) is 2.64. The first-order chi connectivity index (χ1) is 7.68. The van der Waals surface area contributed by atoms with E-state index in [1.165, 1.54) is 5.06 Å². The fourth-order valence-corrected chi connectivity index (χ4v) is 1.80. The van der Waals surface area contributed by atoms with E-state index < -0.39 is 6.10 Å². The van der Waals surface area contributed by atoms with Gasteiger partial charge in [-0.25, -0.2) is 0 Å². The van der Waals surface area contributed by atoms with Crippen LogP contribution in [0, 0.1) is 0 Å². The van der Waals surface area contributed by atoms with Crippen LogP contribution in [0.3, 0.4) is 0 Å². The lowest BCUT2D eigenvalue weighted by Crippen LogP contribution is -2.24. The van der Waals surface area contributed by atoms with Crippen LogP contribution < -0.4 is 5.06 Å². The number of rotatable bonds is 3. The average molecular weight is 221 g/mol. The van der Waals surface area contributed by atoms with Crippen LogP contribution in [0.2, 0.25) is 0 Å². The Morgan fingerprint density at radius 2 is 2.25 bits per heavy atom. The van der Waals surface area contributed by atoms with E-state index in [-0.39, 0.29) is 5.91 Å². The van der Waals surface area contributed by atoms with Gasteiger partial charge >= 0.3 is 0 Å². The van der Waals surface area contributed by atoms with E-state index in [2.05, 4.69) is 0 Å². The molecule has 1 atom stereocenters. The van der Waals surface area contributed by atoms with E-state index in [4.69, 9.17) is 4.84 Å². The fourth-order valence-electron chi connectivity index (χ4n) is 1.80. The SMILES string of the molecule is CC(O)Cc1ccccc1N1OCCC1=O. The first-order valence-electron chi connectivity index (χ1n) is 5.40. The predicted molar refractivity (Wildman–Crippen MR) is 59.9 cm³/mol. The molecule has 1 aromatic carbocycles. The number of carbonyl (C=O) groups excluding carboxylic acids is 1. The molecule has 1 N–H and O–H groups in total. The smallest absolute Gasteiger partial charge is 0.253 e. The minimum Gasteiger partial charge on any atom is -0.393 e. The van der Waals surface area contributed by atoms with Crippen LogP contribution in [-0.2, 0) is 16.1 Å². The van der Waals surface area contributed by atoms with Gasteiger partial charge in [0.1, 0.15) is 0 Å². The van der Waals surface area contributed by atoms with Crippen LogP contribution in [0.5, 0.6) is 0 Å². The topological polar surface area (TPSA) is 49.8 Å². The maximum Gasteiger partial charge on any atom is 0.253 e. The molecule has 0 radical (unpaired) electrons. The van der Waals surface area contributed by atoms with Crippen molar-refractivity contribution < 1.29 is 14.7 Å². The van der Waals surface area contributed by atoms with Crippen LogP contribution in [0.1, 0.15) is 18.9 Å². The molecule has 4 heteroatoms. The summed E-state index contributed by atoms with van der Waals surface area (Å²) in [5.41, 5.74) is 1.67. The van der Waals surface area contributed by atoms with Crippen molar-refractivity contribution in [2.45, 2.75) is 25.9 Å². The third kappa shape index (κ3) is 2.23. The lowest BCUT2D eigenvalue weighted by molar-refractivity contribution is -0.119. The van der Waals surface area contributed by atoms with Gasteiger partial charge in [0.15, 0.2) is 0 Å². The summed E-state index contributed by atoms with van der Waals surface area (Å²) in [6.45, 7) is 2.16. The van der Waals surface area contributed by atoms with Crippen LogP contribution in [0.25, 0.3) is 0 Å². The number of hydroxylamine groups is 1. The Bertz CT molecular complexity index is 390. The summed E-state index contributed by atoms with van der Waals surface area (Å²) in [7, 11) is 0. The summed E-state index contributed by atoms with van der Waals surface area (Å²) >= 11 is 0. The molecule has 0 spiro atoms. The van der Waals surface area contributed by atoms with E-state index in [1.807, 2.05) is 24.3 Å². The molecule has 1 saturated heterocycles. The van der Waals surface area contributed by atoms with Crippen LogP contribution >= 0.6 is 0 Å². The molecule has 0 aliphatic carbocycles. The fraction of sp³-hybridized carbons (Fsp3) is 0.417. The van der Waals surface area contributed by atoms with Gasteiger partial charge in [-0.2, -0.15) is 5.06 Å². The van der Waals surface area contributed by atoms with E-state index in [0.717, 1.165) is 11.3 Å². The number of hydrogen-bond donors (Lipinski definition) is 1. The van der Waals surface area contributed by atoms with E-state index in [1.54, 1.807) is 6.92 Å². The first kappa shape index (κ1) is 11.1. The zero-order valence-electron chi connectivity index (χ0n) is 9.22. The van der Waals surface area contributed by atoms with E-state index >= 15 is 0 Å². The number of anilines is 1. The largest absolute Gasteiger partial charge is 0.393 e. The summed E-state index contributed by atoms with van der Waals surface area (Å²) < 4.78 is 0. The Morgan fingerprint density at radius 1 is 1.50 bits per heavy atom. The third-order valence-electron chi connectivity index (χ3n) is 2.49. The van der Waals surface area contributed by atoms with Crippen molar-refractivity contribution in [2.75, 3.05) is 11.7 Å². The highest BCUT2D eigenvalue weighted by atomic mass is 16.7. The van der Waals surface area contributed by atoms with Gasteiger partial charge in [-0.1, -0.05) is 18.2 Å². The third-order valence-corrected chi connectivity index (χ3v) is 2.49. The van der Waals surface area contributed by atoms with Gasteiger partial charge in [0.2, 0.25) is 0 Å². The number of carbonyl (C=O) groups is 1. The Labute approximate surface area is 94.4 Å². The molecule has 1 fully saturated rings. The molecule has 0 saturated carbocycles. The van der Waals surface area contributed by atoms with Crippen molar-refractivity contribution in [3.8, 4) is 0 Å². The van der Waals surface area contributed by atoms with Crippen molar-refractivity contribution in [3.05, 3.63) is 29.8 Å². The monoisotopic (exact) mass is 221 g/mol. The number of nitrogens with zero attached hydrogens (tertiary/aromatic N) is 1. The molecule has 0 aromatic heterocycles. The molecule has 1 aliphatic heterocycles. The van der Waals surface area contributed by atoms with Crippen molar-refractivity contribution >= 4 is 11.6 Å². The van der Waals surface area contributed by atoms with Gasteiger partial charge in [-0.05, 0) is 18.6 Å².